The van der Waals surface area contributed by atoms with Gasteiger partial charge < -0.3 is 10.5 Å². The normalized spacial score (nSPS) is 17.6. The van der Waals surface area contributed by atoms with E-state index in [4.69, 9.17) is 10.5 Å². The van der Waals surface area contributed by atoms with Crippen LogP contribution in [0.15, 0.2) is 18.2 Å². The molecule has 0 bridgehead atoms. The standard InChI is InChI=1S/C15H22FNOS/c1-18-15-7-6-12(8-13(15)16)14(17)10-19-9-11-4-2-3-5-11/h6-8,11,14H,2-5,9-10,17H2,1H3. The van der Waals surface area contributed by atoms with Crippen LogP contribution in [-0.2, 0) is 0 Å². The molecule has 0 radical (unpaired) electrons. The van der Waals surface area contributed by atoms with Crippen LogP contribution in [0.5, 0.6) is 5.75 Å². The molecule has 19 heavy (non-hydrogen) atoms. The van der Waals surface area contributed by atoms with Crippen molar-refractivity contribution >= 4 is 11.8 Å². The molecule has 1 saturated carbocycles. The Kier molecular flexibility index (Phi) is 5.52. The molecule has 106 valence electrons. The number of nitrogens with two attached hydrogens (primary N) is 1. The fourth-order valence-electron chi connectivity index (χ4n) is 2.55. The first kappa shape index (κ1) is 14.7. The number of methoxy groups -OCH3 is 1. The van der Waals surface area contributed by atoms with E-state index in [0.29, 0.717) is 0 Å². The van der Waals surface area contributed by atoms with Gasteiger partial charge in [0.05, 0.1) is 7.11 Å². The summed E-state index contributed by atoms with van der Waals surface area (Å²) in [6.07, 6.45) is 5.47. The number of thioether (sulfide) groups is 1. The first-order chi connectivity index (χ1) is 9.20. The summed E-state index contributed by atoms with van der Waals surface area (Å²) in [6, 6.07) is 4.88. The minimum absolute atomic E-state index is 0.105. The van der Waals surface area contributed by atoms with Crippen LogP contribution in [0.25, 0.3) is 0 Å². The Labute approximate surface area is 118 Å². The number of ether oxygens (including phenoxy) is 1. The molecule has 1 aromatic rings. The third-order valence-electron chi connectivity index (χ3n) is 3.73. The molecule has 1 aliphatic carbocycles. The summed E-state index contributed by atoms with van der Waals surface area (Å²) >= 11 is 1.89. The first-order valence-corrected chi connectivity index (χ1v) is 8.03. The summed E-state index contributed by atoms with van der Waals surface area (Å²) in [5.41, 5.74) is 6.96. The molecule has 1 unspecified atom stereocenters. The highest BCUT2D eigenvalue weighted by molar-refractivity contribution is 7.99. The predicted molar refractivity (Wildman–Crippen MR) is 79.2 cm³/mol. The minimum atomic E-state index is -0.337. The fraction of sp³-hybridized carbons (Fsp3) is 0.600. The van der Waals surface area contributed by atoms with E-state index in [9.17, 15) is 4.39 Å². The van der Waals surface area contributed by atoms with Gasteiger partial charge in [-0.25, -0.2) is 4.39 Å². The largest absolute Gasteiger partial charge is 0.494 e. The molecule has 4 heteroatoms. The van der Waals surface area contributed by atoms with Crippen molar-refractivity contribution in [2.75, 3.05) is 18.6 Å². The summed E-state index contributed by atoms with van der Waals surface area (Å²) in [6.45, 7) is 0. The van der Waals surface area contributed by atoms with Crippen LogP contribution in [0.1, 0.15) is 37.3 Å². The molecule has 0 spiro atoms. The number of benzene rings is 1. The van der Waals surface area contributed by atoms with Crippen molar-refractivity contribution < 1.29 is 9.13 Å². The molecule has 0 aliphatic heterocycles. The second-order valence-electron chi connectivity index (χ2n) is 5.19. The molecule has 0 amide bonds. The van der Waals surface area contributed by atoms with Crippen LogP contribution < -0.4 is 10.5 Å². The van der Waals surface area contributed by atoms with Gasteiger partial charge in [-0.2, -0.15) is 11.8 Å². The van der Waals surface area contributed by atoms with E-state index < -0.39 is 0 Å². The molecular formula is C15H22FNOS. The van der Waals surface area contributed by atoms with Gasteiger partial charge in [-0.15, -0.1) is 0 Å². The third-order valence-corrected chi connectivity index (χ3v) is 5.03. The van der Waals surface area contributed by atoms with Gasteiger partial charge in [0, 0.05) is 11.8 Å². The van der Waals surface area contributed by atoms with Gasteiger partial charge in [0.25, 0.3) is 0 Å². The van der Waals surface area contributed by atoms with Crippen molar-refractivity contribution in [3.05, 3.63) is 29.6 Å². The summed E-state index contributed by atoms with van der Waals surface area (Å²) < 4.78 is 18.5. The maximum atomic E-state index is 13.6. The smallest absolute Gasteiger partial charge is 0.165 e. The van der Waals surface area contributed by atoms with Gasteiger partial charge in [0.15, 0.2) is 11.6 Å². The molecule has 2 N–H and O–H groups in total. The van der Waals surface area contributed by atoms with Gasteiger partial charge >= 0.3 is 0 Å². The fourth-order valence-corrected chi connectivity index (χ4v) is 3.80. The average molecular weight is 283 g/mol. The zero-order valence-corrected chi connectivity index (χ0v) is 12.2. The Morgan fingerprint density at radius 1 is 1.42 bits per heavy atom. The van der Waals surface area contributed by atoms with E-state index in [2.05, 4.69) is 0 Å². The van der Waals surface area contributed by atoms with E-state index in [1.807, 2.05) is 17.8 Å². The number of hydrogen-bond acceptors (Lipinski definition) is 3. The second-order valence-corrected chi connectivity index (χ2v) is 6.26. The maximum Gasteiger partial charge on any atom is 0.165 e. The summed E-state index contributed by atoms with van der Waals surface area (Å²) in [4.78, 5) is 0. The maximum absolute atomic E-state index is 13.6. The van der Waals surface area contributed by atoms with Crippen molar-refractivity contribution in [2.24, 2.45) is 11.7 Å². The lowest BCUT2D eigenvalue weighted by atomic mass is 10.1. The van der Waals surface area contributed by atoms with Gasteiger partial charge in [-0.05, 0) is 42.2 Å². The third kappa shape index (κ3) is 4.11. The molecule has 1 aromatic carbocycles. The van der Waals surface area contributed by atoms with Crippen LogP contribution in [0.2, 0.25) is 0 Å². The predicted octanol–water partition coefficient (Wildman–Crippen LogP) is 3.76. The van der Waals surface area contributed by atoms with Crippen LogP contribution in [-0.4, -0.2) is 18.6 Å². The van der Waals surface area contributed by atoms with Gasteiger partial charge in [-0.3, -0.25) is 0 Å². The Morgan fingerprint density at radius 2 is 2.16 bits per heavy atom. The van der Waals surface area contributed by atoms with Crippen LogP contribution in [0, 0.1) is 11.7 Å². The second kappa shape index (κ2) is 7.15. The van der Waals surface area contributed by atoms with Gasteiger partial charge in [-0.1, -0.05) is 18.9 Å². The molecule has 2 nitrogen and oxygen atoms in total. The minimum Gasteiger partial charge on any atom is -0.494 e. The Balaban J connectivity index is 1.81. The first-order valence-electron chi connectivity index (χ1n) is 6.87. The Bertz CT molecular complexity index is 407. The zero-order valence-electron chi connectivity index (χ0n) is 11.4. The van der Waals surface area contributed by atoms with Crippen molar-refractivity contribution in [2.45, 2.75) is 31.7 Å². The lowest BCUT2D eigenvalue weighted by Gasteiger charge is -2.14. The lowest BCUT2D eigenvalue weighted by Crippen LogP contribution is -2.14. The monoisotopic (exact) mass is 283 g/mol. The SMILES string of the molecule is COc1ccc(C(N)CSCC2CCCC2)cc1F. The molecular weight excluding hydrogens is 261 g/mol. The van der Waals surface area contributed by atoms with Crippen molar-refractivity contribution in [1.82, 2.24) is 0 Å². The molecule has 0 saturated heterocycles. The number of hydrogen-bond donors (Lipinski definition) is 1. The summed E-state index contributed by atoms with van der Waals surface area (Å²) in [7, 11) is 1.47. The molecule has 2 rings (SSSR count). The summed E-state index contributed by atoms with van der Waals surface area (Å²) in [5.74, 6) is 2.84. The van der Waals surface area contributed by atoms with Crippen LogP contribution in [0.4, 0.5) is 4.39 Å². The van der Waals surface area contributed by atoms with Crippen LogP contribution in [0.3, 0.4) is 0 Å². The Hall–Kier alpha value is -0.740. The highest BCUT2D eigenvalue weighted by Crippen LogP contribution is 2.29. The quantitative estimate of drug-likeness (QED) is 0.863. The highest BCUT2D eigenvalue weighted by atomic mass is 32.2. The van der Waals surface area contributed by atoms with Crippen LogP contribution >= 0.6 is 11.8 Å². The van der Waals surface area contributed by atoms with E-state index >= 15 is 0 Å². The van der Waals surface area contributed by atoms with E-state index in [-0.39, 0.29) is 17.6 Å². The van der Waals surface area contributed by atoms with Crippen molar-refractivity contribution in [3.63, 3.8) is 0 Å². The molecule has 1 atom stereocenters. The van der Waals surface area contributed by atoms with Crippen molar-refractivity contribution in [3.8, 4) is 5.75 Å². The van der Waals surface area contributed by atoms with E-state index in [1.54, 1.807) is 6.07 Å². The topological polar surface area (TPSA) is 35.2 Å². The lowest BCUT2D eigenvalue weighted by molar-refractivity contribution is 0.386. The van der Waals surface area contributed by atoms with Crippen molar-refractivity contribution in [1.29, 1.82) is 0 Å². The number of rotatable bonds is 6. The molecule has 1 aliphatic rings. The molecule has 0 aromatic heterocycles. The Morgan fingerprint density at radius 3 is 2.79 bits per heavy atom. The van der Waals surface area contributed by atoms with Gasteiger partial charge in [0.2, 0.25) is 0 Å². The molecule has 1 fully saturated rings. The van der Waals surface area contributed by atoms with Gasteiger partial charge in [0.1, 0.15) is 0 Å². The highest BCUT2D eigenvalue weighted by Gasteiger charge is 2.16. The average Bonchev–Trinajstić information content (AvgIpc) is 2.91. The summed E-state index contributed by atoms with van der Waals surface area (Å²) in [5, 5.41) is 0. The van der Waals surface area contributed by atoms with E-state index in [1.165, 1.54) is 44.6 Å². The zero-order chi connectivity index (χ0) is 13.7. The molecule has 0 heterocycles. The van der Waals surface area contributed by atoms with E-state index in [0.717, 1.165) is 17.2 Å². The number of halogens is 1.